The van der Waals surface area contributed by atoms with Crippen LogP contribution >= 0.6 is 0 Å². The molecule has 0 amide bonds. The summed E-state index contributed by atoms with van der Waals surface area (Å²) >= 11 is 0. The lowest BCUT2D eigenvalue weighted by Gasteiger charge is -2.15. The molecule has 0 bridgehead atoms. The average Bonchev–Trinajstić information content (AvgIpc) is 2.87. The first kappa shape index (κ1) is 12.7. The van der Waals surface area contributed by atoms with E-state index >= 15 is 0 Å². The summed E-state index contributed by atoms with van der Waals surface area (Å²) in [7, 11) is 3.72. The molecule has 0 aromatic carbocycles. The fourth-order valence-electron chi connectivity index (χ4n) is 1.98. The van der Waals surface area contributed by atoms with Crippen LogP contribution < -0.4 is 5.32 Å². The van der Waals surface area contributed by atoms with Gasteiger partial charge in [-0.3, -0.25) is 4.68 Å². The minimum Gasteiger partial charge on any atom is -0.310 e. The first-order valence-electron chi connectivity index (χ1n) is 6.06. The molecule has 7 heteroatoms. The minimum atomic E-state index is 0.174. The predicted molar refractivity (Wildman–Crippen MR) is 66.9 cm³/mol. The van der Waals surface area contributed by atoms with Crippen LogP contribution in [-0.4, -0.2) is 36.5 Å². The van der Waals surface area contributed by atoms with Crippen molar-refractivity contribution in [2.75, 3.05) is 6.54 Å². The van der Waals surface area contributed by atoms with Crippen LogP contribution in [0.15, 0.2) is 6.20 Å². The number of rotatable bonds is 5. The Bertz CT molecular complexity index is 513. The number of aromatic nitrogens is 6. The Morgan fingerprint density at radius 2 is 2.17 bits per heavy atom. The number of aryl methyl sites for hydroxylation is 2. The molecular weight excluding hydrogens is 230 g/mol. The van der Waals surface area contributed by atoms with Crippen LogP contribution in [0.25, 0.3) is 0 Å². The maximum Gasteiger partial charge on any atom is 0.176 e. The molecule has 0 radical (unpaired) electrons. The maximum atomic E-state index is 4.28. The highest BCUT2D eigenvalue weighted by molar-refractivity contribution is 5.21. The van der Waals surface area contributed by atoms with Crippen molar-refractivity contribution in [1.29, 1.82) is 0 Å². The van der Waals surface area contributed by atoms with Crippen LogP contribution in [-0.2, 0) is 20.5 Å². The number of hydrogen-bond acceptors (Lipinski definition) is 5. The largest absolute Gasteiger partial charge is 0.310 e. The van der Waals surface area contributed by atoms with E-state index in [1.54, 1.807) is 7.05 Å². The molecular formula is C11H19N7. The Kier molecular flexibility index (Phi) is 3.71. The second kappa shape index (κ2) is 5.26. The number of nitrogens with one attached hydrogen (secondary N) is 1. The molecule has 0 saturated carbocycles. The Hall–Kier alpha value is -1.76. The van der Waals surface area contributed by atoms with Crippen LogP contribution in [0, 0.1) is 6.92 Å². The molecule has 1 unspecified atom stereocenters. The molecule has 1 atom stereocenters. The molecule has 0 spiro atoms. The molecule has 0 saturated heterocycles. The number of hydrogen-bond donors (Lipinski definition) is 1. The van der Waals surface area contributed by atoms with Gasteiger partial charge in [-0.25, -0.2) is 0 Å². The van der Waals surface area contributed by atoms with Gasteiger partial charge in [0, 0.05) is 30.8 Å². The van der Waals surface area contributed by atoms with E-state index in [0.717, 1.165) is 18.1 Å². The van der Waals surface area contributed by atoms with Crippen molar-refractivity contribution < 1.29 is 0 Å². The topological polar surface area (TPSA) is 73.5 Å². The summed E-state index contributed by atoms with van der Waals surface area (Å²) in [6.45, 7) is 5.04. The summed E-state index contributed by atoms with van der Waals surface area (Å²) in [6.07, 6.45) is 2.62. The third-order valence-electron chi connectivity index (χ3n) is 3.04. The molecule has 0 aliphatic carbocycles. The molecule has 0 fully saturated rings. The summed E-state index contributed by atoms with van der Waals surface area (Å²) in [4.78, 5) is 1.48. The van der Waals surface area contributed by atoms with E-state index in [1.165, 1.54) is 10.4 Å². The number of nitrogens with zero attached hydrogens (tertiary/aromatic N) is 6. The first-order valence-corrected chi connectivity index (χ1v) is 6.06. The standard InChI is InChI=1S/C11H19N7/c1-5-12-10(6-11-14-16-18(4)15-11)9-7-13-17(3)8(9)2/h7,10,12H,5-6H2,1-4H3. The lowest BCUT2D eigenvalue weighted by Crippen LogP contribution is -2.24. The minimum absolute atomic E-state index is 0.174. The average molecular weight is 249 g/mol. The van der Waals surface area contributed by atoms with Crippen LogP contribution in [0.1, 0.15) is 30.0 Å². The molecule has 2 rings (SSSR count). The summed E-state index contributed by atoms with van der Waals surface area (Å²) < 4.78 is 1.88. The highest BCUT2D eigenvalue weighted by Gasteiger charge is 2.18. The van der Waals surface area contributed by atoms with Crippen molar-refractivity contribution in [2.45, 2.75) is 26.3 Å². The Balaban J connectivity index is 2.20. The zero-order valence-corrected chi connectivity index (χ0v) is 11.3. The van der Waals surface area contributed by atoms with Gasteiger partial charge in [0.1, 0.15) is 0 Å². The summed E-state index contributed by atoms with van der Waals surface area (Å²) in [5.74, 6) is 0.742. The van der Waals surface area contributed by atoms with Gasteiger partial charge in [-0.05, 0) is 18.7 Å². The normalized spacial score (nSPS) is 12.9. The highest BCUT2D eigenvalue weighted by Crippen LogP contribution is 2.19. The van der Waals surface area contributed by atoms with E-state index in [1.807, 2.05) is 17.9 Å². The third-order valence-corrected chi connectivity index (χ3v) is 3.04. The zero-order chi connectivity index (χ0) is 13.1. The van der Waals surface area contributed by atoms with E-state index in [4.69, 9.17) is 0 Å². The smallest absolute Gasteiger partial charge is 0.176 e. The Morgan fingerprint density at radius 1 is 1.39 bits per heavy atom. The van der Waals surface area contributed by atoms with Crippen molar-refractivity contribution in [1.82, 2.24) is 35.3 Å². The third kappa shape index (κ3) is 2.56. The van der Waals surface area contributed by atoms with Gasteiger partial charge in [0.15, 0.2) is 5.82 Å². The molecule has 98 valence electrons. The molecule has 18 heavy (non-hydrogen) atoms. The summed E-state index contributed by atoms with van der Waals surface area (Å²) in [5, 5.41) is 19.8. The summed E-state index contributed by atoms with van der Waals surface area (Å²) in [6, 6.07) is 0.174. The van der Waals surface area contributed by atoms with E-state index in [2.05, 4.69) is 39.7 Å². The van der Waals surface area contributed by atoms with Crippen LogP contribution in [0.2, 0.25) is 0 Å². The first-order chi connectivity index (χ1) is 8.61. The van der Waals surface area contributed by atoms with E-state index < -0.39 is 0 Å². The number of likely N-dealkylation sites (N-methyl/N-ethyl adjacent to an activating group) is 1. The van der Waals surface area contributed by atoms with Gasteiger partial charge >= 0.3 is 0 Å². The predicted octanol–water partition coefficient (Wildman–Crippen LogP) is 0.145. The van der Waals surface area contributed by atoms with Crippen LogP contribution in [0.5, 0.6) is 0 Å². The molecule has 0 aliphatic heterocycles. The maximum absolute atomic E-state index is 4.28. The van der Waals surface area contributed by atoms with Gasteiger partial charge in [0.2, 0.25) is 0 Å². The highest BCUT2D eigenvalue weighted by atomic mass is 15.6. The molecule has 7 nitrogen and oxygen atoms in total. The monoisotopic (exact) mass is 249 g/mol. The van der Waals surface area contributed by atoms with E-state index in [9.17, 15) is 0 Å². The van der Waals surface area contributed by atoms with Crippen LogP contribution in [0.4, 0.5) is 0 Å². The van der Waals surface area contributed by atoms with Gasteiger partial charge < -0.3 is 5.32 Å². The summed E-state index contributed by atoms with van der Waals surface area (Å²) in [5.41, 5.74) is 2.34. The molecule has 2 aromatic heterocycles. The van der Waals surface area contributed by atoms with Gasteiger partial charge in [-0.1, -0.05) is 6.92 Å². The molecule has 1 N–H and O–H groups in total. The van der Waals surface area contributed by atoms with Crippen molar-refractivity contribution in [2.24, 2.45) is 14.1 Å². The SMILES string of the molecule is CCNC(Cc1nnn(C)n1)c1cnn(C)c1C. The molecule has 0 aliphatic rings. The zero-order valence-electron chi connectivity index (χ0n) is 11.3. The van der Waals surface area contributed by atoms with Gasteiger partial charge in [-0.2, -0.15) is 9.90 Å². The molecule has 2 heterocycles. The van der Waals surface area contributed by atoms with Crippen molar-refractivity contribution in [3.63, 3.8) is 0 Å². The van der Waals surface area contributed by atoms with Gasteiger partial charge in [-0.15, -0.1) is 10.2 Å². The fourth-order valence-corrected chi connectivity index (χ4v) is 1.98. The lowest BCUT2D eigenvalue weighted by molar-refractivity contribution is 0.531. The van der Waals surface area contributed by atoms with Crippen molar-refractivity contribution in [3.8, 4) is 0 Å². The fraction of sp³-hybridized carbons (Fsp3) is 0.636. The van der Waals surface area contributed by atoms with Crippen molar-refractivity contribution in [3.05, 3.63) is 23.3 Å². The lowest BCUT2D eigenvalue weighted by atomic mass is 10.0. The Labute approximate surface area is 106 Å². The second-order valence-electron chi connectivity index (χ2n) is 4.32. The number of tetrazole rings is 1. The quantitative estimate of drug-likeness (QED) is 0.816. The second-order valence-corrected chi connectivity index (χ2v) is 4.32. The van der Waals surface area contributed by atoms with E-state index in [0.29, 0.717) is 6.42 Å². The Morgan fingerprint density at radius 3 is 2.67 bits per heavy atom. The van der Waals surface area contributed by atoms with Crippen LogP contribution in [0.3, 0.4) is 0 Å². The van der Waals surface area contributed by atoms with Crippen molar-refractivity contribution >= 4 is 0 Å². The van der Waals surface area contributed by atoms with E-state index in [-0.39, 0.29) is 6.04 Å². The van der Waals surface area contributed by atoms with Gasteiger partial charge in [0.05, 0.1) is 13.2 Å². The van der Waals surface area contributed by atoms with Gasteiger partial charge in [0.25, 0.3) is 0 Å². The molecule has 2 aromatic rings.